The number of rotatable bonds is 9. The molecule has 1 aliphatic heterocycles. The number of aromatic nitrogens is 1. The Morgan fingerprint density at radius 3 is 2.43 bits per heavy atom. The summed E-state index contributed by atoms with van der Waals surface area (Å²) in [6.45, 7) is 2.00. The number of carbonyl (C=O) groups is 2. The Labute approximate surface area is 245 Å². The zero-order valence-electron chi connectivity index (χ0n) is 23.5. The lowest BCUT2D eigenvalue weighted by molar-refractivity contribution is -0.140. The molecule has 0 N–H and O–H groups in total. The van der Waals surface area contributed by atoms with Crippen LogP contribution < -0.4 is 24.5 Å². The Kier molecular flexibility index (Phi) is 8.51. The van der Waals surface area contributed by atoms with Gasteiger partial charge in [0.25, 0.3) is 5.56 Å². The summed E-state index contributed by atoms with van der Waals surface area (Å²) in [5.41, 5.74) is 2.91. The van der Waals surface area contributed by atoms with Gasteiger partial charge < -0.3 is 23.5 Å². The monoisotopic (exact) mass is 587 g/mol. The van der Waals surface area contributed by atoms with E-state index in [1.807, 2.05) is 49.3 Å². The lowest BCUT2D eigenvalue weighted by Gasteiger charge is -2.25. The van der Waals surface area contributed by atoms with Gasteiger partial charge in [0.2, 0.25) is 5.76 Å². The van der Waals surface area contributed by atoms with Gasteiger partial charge in [-0.1, -0.05) is 35.6 Å². The molecule has 0 aliphatic carbocycles. The molecule has 5 rings (SSSR count). The third-order valence-corrected chi connectivity index (χ3v) is 7.58. The van der Waals surface area contributed by atoms with Gasteiger partial charge in [-0.05, 0) is 60.5 Å². The highest BCUT2D eigenvalue weighted by Gasteiger charge is 2.33. The van der Waals surface area contributed by atoms with Crippen LogP contribution in [-0.2, 0) is 14.3 Å². The fraction of sp³-hybridized carbons (Fsp3) is 0.226. The normalized spacial score (nSPS) is 14.8. The van der Waals surface area contributed by atoms with Gasteiger partial charge in [-0.15, -0.1) is 0 Å². The first-order chi connectivity index (χ1) is 20.3. The highest BCUT2D eigenvalue weighted by atomic mass is 32.1. The maximum absolute atomic E-state index is 13.9. The number of methoxy groups -OCH3 is 1. The van der Waals surface area contributed by atoms with Gasteiger partial charge in [-0.3, -0.25) is 9.36 Å². The molecule has 0 amide bonds. The van der Waals surface area contributed by atoms with Crippen molar-refractivity contribution >= 4 is 35.0 Å². The molecule has 4 aromatic rings. The zero-order valence-corrected chi connectivity index (χ0v) is 24.3. The first kappa shape index (κ1) is 28.8. The van der Waals surface area contributed by atoms with Crippen LogP contribution in [0.4, 0.5) is 5.69 Å². The molecule has 0 bridgehead atoms. The maximum atomic E-state index is 13.9. The van der Waals surface area contributed by atoms with Crippen LogP contribution >= 0.6 is 11.3 Å². The fourth-order valence-electron chi connectivity index (χ4n) is 4.48. The minimum absolute atomic E-state index is 0.0495. The quantitative estimate of drug-likeness (QED) is 0.167. The van der Waals surface area contributed by atoms with Gasteiger partial charge in [0.05, 0.1) is 34.7 Å². The maximum Gasteiger partial charge on any atom is 0.379 e. The third kappa shape index (κ3) is 5.97. The average Bonchev–Trinajstić information content (AvgIpc) is 3.62. The molecule has 0 spiro atoms. The molecule has 0 saturated heterocycles. The van der Waals surface area contributed by atoms with E-state index < -0.39 is 18.0 Å². The molecule has 0 unspecified atom stereocenters. The van der Waals surface area contributed by atoms with Crippen LogP contribution in [0.5, 0.6) is 5.75 Å². The minimum atomic E-state index is -0.815. The smallest absolute Gasteiger partial charge is 0.379 e. The van der Waals surface area contributed by atoms with Gasteiger partial charge in [0.15, 0.2) is 4.80 Å². The molecule has 2 aromatic heterocycles. The number of nitrogens with zero attached hydrogens (tertiary/aromatic N) is 3. The van der Waals surface area contributed by atoms with Crippen LogP contribution in [0.25, 0.3) is 6.08 Å². The lowest BCUT2D eigenvalue weighted by atomic mass is 9.96. The Morgan fingerprint density at radius 1 is 1.05 bits per heavy atom. The van der Waals surface area contributed by atoms with E-state index in [2.05, 4.69) is 4.99 Å². The van der Waals surface area contributed by atoms with E-state index >= 15 is 0 Å². The van der Waals surface area contributed by atoms with Crippen LogP contribution in [0.15, 0.2) is 92.4 Å². The highest BCUT2D eigenvalue weighted by molar-refractivity contribution is 7.07. The van der Waals surface area contributed by atoms with E-state index in [4.69, 9.17) is 18.6 Å². The lowest BCUT2D eigenvalue weighted by Crippen LogP contribution is -2.40. The summed E-state index contributed by atoms with van der Waals surface area (Å²) in [6, 6.07) is 16.7. The molecule has 3 heterocycles. The number of thiazole rings is 1. The molecule has 0 fully saturated rings. The standard InChI is InChI=1S/C31H29N3O7S/c1-19-26(30(37)40-17-16-38-4)27(21-9-13-23(14-10-21)41-29(36)24-6-5-15-39-24)34-28(35)25(42-31(34)32-19)18-20-7-11-22(12-8-20)33(2)3/h5-15,18,27H,16-17H2,1-4H3/b25-18+/t27-/m1/s1. The first-order valence-corrected chi connectivity index (χ1v) is 13.9. The highest BCUT2D eigenvalue weighted by Crippen LogP contribution is 2.32. The topological polar surface area (TPSA) is 113 Å². The van der Waals surface area contributed by atoms with Gasteiger partial charge in [-0.25, -0.2) is 14.6 Å². The number of fused-ring (bicyclic) bond motifs is 1. The summed E-state index contributed by atoms with van der Waals surface area (Å²) in [4.78, 5) is 46.6. The van der Waals surface area contributed by atoms with Crippen molar-refractivity contribution in [2.75, 3.05) is 39.3 Å². The molecule has 11 heteroatoms. The molecule has 2 aromatic carbocycles. The van der Waals surface area contributed by atoms with Crippen LogP contribution in [0, 0.1) is 0 Å². The van der Waals surface area contributed by atoms with Crippen molar-refractivity contribution in [2.24, 2.45) is 4.99 Å². The third-order valence-electron chi connectivity index (χ3n) is 6.60. The second-order valence-electron chi connectivity index (χ2n) is 9.63. The SMILES string of the molecule is COCCOC(=O)C1=C(C)N=c2s/c(=C/c3ccc(N(C)C)cc3)c(=O)n2[C@@H]1c1ccc(OC(=O)c2ccco2)cc1. The summed E-state index contributed by atoms with van der Waals surface area (Å²) >= 11 is 1.25. The van der Waals surface area contributed by atoms with Crippen molar-refractivity contribution in [2.45, 2.75) is 13.0 Å². The Hall–Kier alpha value is -4.74. The molecule has 1 aliphatic rings. The van der Waals surface area contributed by atoms with E-state index in [9.17, 15) is 14.4 Å². The average molecular weight is 588 g/mol. The molecule has 216 valence electrons. The van der Waals surface area contributed by atoms with E-state index in [-0.39, 0.29) is 35.9 Å². The van der Waals surface area contributed by atoms with Gasteiger partial charge in [0, 0.05) is 26.9 Å². The van der Waals surface area contributed by atoms with Gasteiger partial charge in [0.1, 0.15) is 12.4 Å². The van der Waals surface area contributed by atoms with Crippen molar-refractivity contribution in [3.8, 4) is 5.75 Å². The number of hydrogen-bond acceptors (Lipinski definition) is 10. The molecule has 42 heavy (non-hydrogen) atoms. The molecule has 10 nitrogen and oxygen atoms in total. The van der Waals surface area contributed by atoms with Crippen molar-refractivity contribution in [3.05, 3.63) is 115 Å². The van der Waals surface area contributed by atoms with Crippen LogP contribution in [0.3, 0.4) is 0 Å². The number of allylic oxidation sites excluding steroid dienone is 1. The number of ether oxygens (including phenoxy) is 3. The van der Waals surface area contributed by atoms with Crippen LogP contribution in [0.1, 0.15) is 34.6 Å². The largest absolute Gasteiger partial charge is 0.460 e. The second-order valence-corrected chi connectivity index (χ2v) is 10.6. The Morgan fingerprint density at radius 2 is 1.79 bits per heavy atom. The van der Waals surface area contributed by atoms with Crippen LogP contribution in [-0.4, -0.2) is 50.9 Å². The number of hydrogen-bond donors (Lipinski definition) is 0. The Balaban J connectivity index is 1.55. The summed E-state index contributed by atoms with van der Waals surface area (Å²) in [5, 5.41) is 0. The fourth-order valence-corrected chi connectivity index (χ4v) is 5.53. The van der Waals surface area contributed by atoms with Crippen molar-refractivity contribution in [1.82, 2.24) is 4.57 Å². The van der Waals surface area contributed by atoms with Crippen molar-refractivity contribution in [3.63, 3.8) is 0 Å². The van der Waals surface area contributed by atoms with Crippen LogP contribution in [0.2, 0.25) is 0 Å². The second kappa shape index (κ2) is 12.4. The summed E-state index contributed by atoms with van der Waals surface area (Å²) < 4.78 is 23.0. The number of anilines is 1. The Bertz CT molecular complexity index is 1800. The first-order valence-electron chi connectivity index (χ1n) is 13.1. The van der Waals surface area contributed by atoms with Gasteiger partial charge in [-0.2, -0.15) is 0 Å². The summed E-state index contributed by atoms with van der Waals surface area (Å²) in [7, 11) is 5.44. The summed E-state index contributed by atoms with van der Waals surface area (Å²) in [6.07, 6.45) is 3.20. The van der Waals surface area contributed by atoms with Crippen molar-refractivity contribution in [1.29, 1.82) is 0 Å². The molecular formula is C31H29N3O7S. The van der Waals surface area contributed by atoms with E-state index in [1.54, 1.807) is 37.3 Å². The molecular weight excluding hydrogens is 558 g/mol. The predicted molar refractivity (Wildman–Crippen MR) is 157 cm³/mol. The number of furan rings is 1. The van der Waals surface area contributed by atoms with Crippen molar-refractivity contribution < 1.29 is 28.2 Å². The number of esters is 2. The zero-order chi connectivity index (χ0) is 29.8. The predicted octanol–water partition coefficient (Wildman–Crippen LogP) is 3.30. The summed E-state index contributed by atoms with van der Waals surface area (Å²) in [5.74, 6) is -0.890. The van der Waals surface area contributed by atoms with E-state index in [1.165, 1.54) is 35.3 Å². The number of benzene rings is 2. The van der Waals surface area contributed by atoms with E-state index in [0.29, 0.717) is 20.6 Å². The van der Waals surface area contributed by atoms with Gasteiger partial charge >= 0.3 is 11.9 Å². The number of carbonyl (C=O) groups excluding carboxylic acids is 2. The minimum Gasteiger partial charge on any atom is -0.460 e. The molecule has 1 atom stereocenters. The van der Waals surface area contributed by atoms with E-state index in [0.717, 1.165) is 11.3 Å². The molecule has 0 radical (unpaired) electrons. The molecule has 0 saturated carbocycles.